The van der Waals surface area contributed by atoms with Crippen molar-refractivity contribution in [3.8, 4) is 5.75 Å². The molecule has 1 aliphatic rings. The molecule has 31 heavy (non-hydrogen) atoms. The van der Waals surface area contributed by atoms with Gasteiger partial charge >= 0.3 is 6.61 Å². The largest absolute Gasteiger partial charge is 0.435 e. The molecule has 1 N–H and O–H groups in total. The van der Waals surface area contributed by atoms with Crippen molar-refractivity contribution in [2.45, 2.75) is 13.0 Å². The Morgan fingerprint density at radius 1 is 1.13 bits per heavy atom. The van der Waals surface area contributed by atoms with Crippen LogP contribution in [0.3, 0.4) is 0 Å². The fourth-order valence-corrected chi connectivity index (χ4v) is 3.64. The highest BCUT2D eigenvalue weighted by molar-refractivity contribution is 8.18. The second kappa shape index (κ2) is 10.2. The molecule has 0 unspecified atom stereocenters. The number of alkyl halides is 2. The van der Waals surface area contributed by atoms with Crippen molar-refractivity contribution in [3.05, 3.63) is 70.4 Å². The van der Waals surface area contributed by atoms with E-state index in [9.17, 15) is 27.6 Å². The summed E-state index contributed by atoms with van der Waals surface area (Å²) in [6, 6.07) is 11.5. The van der Waals surface area contributed by atoms with Crippen LogP contribution in [-0.2, 0) is 16.0 Å². The summed E-state index contributed by atoms with van der Waals surface area (Å²) >= 11 is 0.740. The molecule has 0 aromatic heterocycles. The van der Waals surface area contributed by atoms with E-state index in [1.807, 2.05) is 0 Å². The molecule has 0 spiro atoms. The lowest BCUT2D eigenvalue weighted by molar-refractivity contribution is -0.124. The number of halogens is 3. The fraction of sp³-hybridized carbons (Fsp3) is 0.190. The van der Waals surface area contributed by atoms with Gasteiger partial charge in [0.2, 0.25) is 5.91 Å². The molecule has 0 saturated carbocycles. The quantitative estimate of drug-likeness (QED) is 0.619. The number of ether oxygens (including phenoxy) is 1. The van der Waals surface area contributed by atoms with Crippen LogP contribution in [0.4, 0.5) is 18.0 Å². The van der Waals surface area contributed by atoms with Crippen molar-refractivity contribution >= 4 is 34.9 Å². The Morgan fingerprint density at radius 2 is 1.84 bits per heavy atom. The third-order valence-electron chi connectivity index (χ3n) is 4.24. The van der Waals surface area contributed by atoms with Gasteiger partial charge in [0, 0.05) is 13.1 Å². The maximum atomic E-state index is 13.6. The van der Waals surface area contributed by atoms with Gasteiger partial charge in [-0.05, 0) is 47.2 Å². The number of amides is 3. The number of hydrogen-bond acceptors (Lipinski definition) is 5. The topological polar surface area (TPSA) is 75.7 Å². The smallest absolute Gasteiger partial charge is 0.387 e. The van der Waals surface area contributed by atoms with Crippen LogP contribution in [0.2, 0.25) is 0 Å². The summed E-state index contributed by atoms with van der Waals surface area (Å²) in [5, 5.41) is 2.07. The van der Waals surface area contributed by atoms with E-state index in [4.69, 9.17) is 0 Å². The molecule has 1 heterocycles. The van der Waals surface area contributed by atoms with Gasteiger partial charge < -0.3 is 10.1 Å². The second-order valence-electron chi connectivity index (χ2n) is 6.40. The van der Waals surface area contributed by atoms with Crippen LogP contribution < -0.4 is 10.1 Å². The molecule has 0 bridgehead atoms. The summed E-state index contributed by atoms with van der Waals surface area (Å²) in [4.78, 5) is 37.7. The molecule has 3 amide bonds. The molecule has 0 atom stereocenters. The van der Waals surface area contributed by atoms with E-state index in [1.165, 1.54) is 48.5 Å². The van der Waals surface area contributed by atoms with E-state index in [-0.39, 0.29) is 35.7 Å². The Labute approximate surface area is 180 Å². The van der Waals surface area contributed by atoms with Crippen molar-refractivity contribution in [2.75, 3.05) is 13.1 Å². The highest BCUT2D eigenvalue weighted by atomic mass is 32.2. The van der Waals surface area contributed by atoms with Crippen molar-refractivity contribution in [3.63, 3.8) is 0 Å². The number of thioether (sulfide) groups is 1. The van der Waals surface area contributed by atoms with Crippen molar-refractivity contribution in [1.82, 2.24) is 10.2 Å². The molecular weight excluding hydrogens is 433 g/mol. The molecule has 1 aliphatic heterocycles. The summed E-state index contributed by atoms with van der Waals surface area (Å²) in [7, 11) is 0. The van der Waals surface area contributed by atoms with Gasteiger partial charge in [-0.15, -0.1) is 0 Å². The number of nitrogens with zero attached hydrogens (tertiary/aromatic N) is 1. The van der Waals surface area contributed by atoms with Crippen LogP contribution >= 0.6 is 11.8 Å². The van der Waals surface area contributed by atoms with Gasteiger partial charge in [-0.3, -0.25) is 19.3 Å². The van der Waals surface area contributed by atoms with E-state index < -0.39 is 29.5 Å². The van der Waals surface area contributed by atoms with Crippen LogP contribution in [0.1, 0.15) is 11.1 Å². The molecule has 0 aliphatic carbocycles. The van der Waals surface area contributed by atoms with Crippen LogP contribution in [0, 0.1) is 5.82 Å². The zero-order valence-electron chi connectivity index (χ0n) is 16.0. The summed E-state index contributed by atoms with van der Waals surface area (Å²) in [5.74, 6) is -1.46. The highest BCUT2D eigenvalue weighted by Gasteiger charge is 2.34. The van der Waals surface area contributed by atoms with Gasteiger partial charge in [0.05, 0.1) is 11.3 Å². The molecule has 2 aromatic carbocycles. The Morgan fingerprint density at radius 3 is 2.52 bits per heavy atom. The van der Waals surface area contributed by atoms with Crippen LogP contribution in [0.15, 0.2) is 53.4 Å². The zero-order valence-corrected chi connectivity index (χ0v) is 16.8. The average molecular weight is 450 g/mol. The zero-order chi connectivity index (χ0) is 22.4. The van der Waals surface area contributed by atoms with E-state index in [1.54, 1.807) is 6.07 Å². The van der Waals surface area contributed by atoms with Crippen molar-refractivity contribution in [1.29, 1.82) is 0 Å². The number of rotatable bonds is 8. The van der Waals surface area contributed by atoms with Gasteiger partial charge in [-0.2, -0.15) is 8.78 Å². The van der Waals surface area contributed by atoms with Crippen molar-refractivity contribution < 1.29 is 32.3 Å². The number of nitrogens with one attached hydrogen (secondary N) is 1. The summed E-state index contributed by atoms with van der Waals surface area (Å²) in [6.45, 7) is -2.95. The number of benzene rings is 2. The highest BCUT2D eigenvalue weighted by Crippen LogP contribution is 2.32. The van der Waals surface area contributed by atoms with Gasteiger partial charge in [-0.1, -0.05) is 30.3 Å². The van der Waals surface area contributed by atoms with Gasteiger partial charge in [-0.25, -0.2) is 4.39 Å². The minimum absolute atomic E-state index is 0.0219. The van der Waals surface area contributed by atoms with Gasteiger partial charge in [0.25, 0.3) is 11.1 Å². The van der Waals surface area contributed by atoms with Crippen LogP contribution in [-0.4, -0.2) is 41.7 Å². The van der Waals surface area contributed by atoms with E-state index in [0.717, 1.165) is 16.7 Å². The average Bonchev–Trinajstić information content (AvgIpc) is 2.98. The van der Waals surface area contributed by atoms with E-state index in [2.05, 4.69) is 10.1 Å². The SMILES string of the molecule is O=C(Cc1ccccc1F)NCCN1C(=O)SC(=Cc2ccc(OC(F)F)cc2)C1=O. The Hall–Kier alpha value is -3.27. The second-order valence-corrected chi connectivity index (χ2v) is 7.39. The first kappa shape index (κ1) is 22.4. The summed E-state index contributed by atoms with van der Waals surface area (Å²) in [6.07, 6.45) is 1.31. The van der Waals surface area contributed by atoms with E-state index >= 15 is 0 Å². The minimum Gasteiger partial charge on any atom is -0.435 e. The molecule has 0 radical (unpaired) electrons. The maximum absolute atomic E-state index is 13.6. The van der Waals surface area contributed by atoms with E-state index in [0.29, 0.717) is 5.56 Å². The van der Waals surface area contributed by atoms with Crippen LogP contribution in [0.25, 0.3) is 6.08 Å². The summed E-state index contributed by atoms with van der Waals surface area (Å²) < 4.78 is 42.2. The molecule has 10 heteroatoms. The lowest BCUT2D eigenvalue weighted by Crippen LogP contribution is -2.37. The van der Waals surface area contributed by atoms with Crippen LogP contribution in [0.5, 0.6) is 5.75 Å². The number of imide groups is 1. The van der Waals surface area contributed by atoms with Gasteiger partial charge in [0.1, 0.15) is 11.6 Å². The first-order chi connectivity index (χ1) is 14.8. The molecular formula is C21H17F3N2O4S. The first-order valence-electron chi connectivity index (χ1n) is 9.14. The molecule has 3 rings (SSSR count). The Balaban J connectivity index is 1.53. The third-order valence-corrected chi connectivity index (χ3v) is 5.15. The Bertz CT molecular complexity index is 1010. The third kappa shape index (κ3) is 6.11. The van der Waals surface area contributed by atoms with Crippen molar-refractivity contribution in [2.24, 2.45) is 0 Å². The molecule has 1 fully saturated rings. The fourth-order valence-electron chi connectivity index (χ4n) is 2.77. The molecule has 162 valence electrons. The normalized spacial score (nSPS) is 15.1. The number of hydrogen-bond donors (Lipinski definition) is 1. The Kier molecular flexibility index (Phi) is 7.35. The molecule has 2 aromatic rings. The number of carbonyl (C=O) groups excluding carboxylic acids is 3. The summed E-state index contributed by atoms with van der Waals surface area (Å²) in [5.41, 5.74) is 0.782. The minimum atomic E-state index is -2.94. The predicted molar refractivity (Wildman–Crippen MR) is 109 cm³/mol. The lowest BCUT2D eigenvalue weighted by Gasteiger charge is -2.13. The monoisotopic (exact) mass is 450 g/mol. The molecule has 1 saturated heterocycles. The first-order valence-corrected chi connectivity index (χ1v) is 9.95. The predicted octanol–water partition coefficient (Wildman–Crippen LogP) is 3.82. The lowest BCUT2D eigenvalue weighted by atomic mass is 10.1. The number of carbonyl (C=O) groups is 3. The van der Waals surface area contributed by atoms with Gasteiger partial charge in [0.15, 0.2) is 0 Å². The maximum Gasteiger partial charge on any atom is 0.387 e. The standard InChI is InChI=1S/C21H17F3N2O4S/c22-16-4-2-1-3-14(16)12-18(27)25-9-10-26-19(28)17(31-21(26)29)11-13-5-7-15(8-6-13)30-20(23)24/h1-8,11,20H,9-10,12H2,(H,25,27). The molecule has 6 nitrogen and oxygen atoms in total.